The molecule has 0 unspecified atom stereocenters. The second-order valence-corrected chi connectivity index (χ2v) is 8.08. The Kier molecular flexibility index (Phi) is 9.98. The number of halogens is 1. The van der Waals surface area contributed by atoms with Crippen LogP contribution in [0.25, 0.3) is 0 Å². The van der Waals surface area contributed by atoms with Gasteiger partial charge in [-0.15, -0.1) is 24.0 Å². The minimum atomic E-state index is -0.249. The van der Waals surface area contributed by atoms with E-state index in [9.17, 15) is 4.79 Å². The van der Waals surface area contributed by atoms with E-state index in [4.69, 9.17) is 4.74 Å². The van der Waals surface area contributed by atoms with E-state index in [0.29, 0.717) is 24.3 Å². The zero-order valence-electron chi connectivity index (χ0n) is 17.6. The lowest BCUT2D eigenvalue weighted by Crippen LogP contribution is -2.48. The first-order chi connectivity index (χ1) is 12.8. The van der Waals surface area contributed by atoms with Crippen molar-refractivity contribution in [1.82, 2.24) is 20.5 Å². The number of carbonyl (C=O) groups is 1. The average molecular weight is 503 g/mol. The van der Waals surface area contributed by atoms with Gasteiger partial charge >= 0.3 is 0 Å². The SMILES string of the molecule is CCNC(=NCc1ccnc(OCC2CC2)c1)N(C)CC(=O)NC(C)(C)C.I. The van der Waals surface area contributed by atoms with Crippen LogP contribution in [-0.4, -0.2) is 54.0 Å². The standard InChI is InChI=1S/C20H33N5O2.HI/c1-6-21-19(25(5)13-17(26)24-20(2,3)4)23-12-16-9-10-22-18(11-16)27-14-15-7-8-15;/h9-11,15H,6-8,12-14H2,1-5H3,(H,21,23)(H,24,26);1H. The largest absolute Gasteiger partial charge is 0.477 e. The van der Waals surface area contributed by atoms with Crippen LogP contribution in [0, 0.1) is 5.92 Å². The summed E-state index contributed by atoms with van der Waals surface area (Å²) in [5, 5.41) is 6.20. The topological polar surface area (TPSA) is 78.9 Å². The van der Waals surface area contributed by atoms with Gasteiger partial charge in [0.1, 0.15) is 0 Å². The van der Waals surface area contributed by atoms with Gasteiger partial charge in [-0.05, 0) is 58.1 Å². The van der Waals surface area contributed by atoms with E-state index in [1.807, 2.05) is 51.8 Å². The minimum absolute atomic E-state index is 0. The summed E-state index contributed by atoms with van der Waals surface area (Å²) in [7, 11) is 1.86. The highest BCUT2D eigenvalue weighted by Gasteiger charge is 2.22. The molecule has 1 saturated carbocycles. The Labute approximate surface area is 185 Å². The number of hydrogen-bond acceptors (Lipinski definition) is 4. The molecular weight excluding hydrogens is 469 g/mol. The van der Waals surface area contributed by atoms with E-state index in [0.717, 1.165) is 18.7 Å². The lowest BCUT2D eigenvalue weighted by atomic mass is 10.1. The van der Waals surface area contributed by atoms with Crippen LogP contribution in [0.3, 0.4) is 0 Å². The van der Waals surface area contributed by atoms with Gasteiger partial charge in [0.25, 0.3) is 0 Å². The molecule has 0 atom stereocenters. The summed E-state index contributed by atoms with van der Waals surface area (Å²) in [6.45, 7) is 10.1. The zero-order chi connectivity index (χ0) is 19.9. The fourth-order valence-electron chi connectivity index (χ4n) is 2.50. The number of amides is 1. The fraction of sp³-hybridized carbons (Fsp3) is 0.650. The quantitative estimate of drug-likeness (QED) is 0.324. The summed E-state index contributed by atoms with van der Waals surface area (Å²) in [6.07, 6.45) is 4.26. The molecule has 1 aliphatic rings. The summed E-state index contributed by atoms with van der Waals surface area (Å²) in [5.41, 5.74) is 0.778. The molecule has 1 fully saturated rings. The molecule has 1 aromatic rings. The van der Waals surface area contributed by atoms with E-state index >= 15 is 0 Å². The lowest BCUT2D eigenvalue weighted by molar-refractivity contribution is -0.122. The highest BCUT2D eigenvalue weighted by molar-refractivity contribution is 14.0. The molecule has 0 aromatic carbocycles. The van der Waals surface area contributed by atoms with Gasteiger partial charge in [-0.3, -0.25) is 4.79 Å². The van der Waals surface area contributed by atoms with E-state index < -0.39 is 0 Å². The number of aromatic nitrogens is 1. The van der Waals surface area contributed by atoms with Crippen LogP contribution in [0.5, 0.6) is 5.88 Å². The van der Waals surface area contributed by atoms with Crippen molar-refractivity contribution in [2.45, 2.75) is 52.6 Å². The molecule has 8 heteroatoms. The van der Waals surface area contributed by atoms with Gasteiger partial charge in [-0.25, -0.2) is 9.98 Å². The number of carbonyl (C=O) groups excluding carboxylic acids is 1. The van der Waals surface area contributed by atoms with Crippen LogP contribution in [0.1, 0.15) is 46.1 Å². The van der Waals surface area contributed by atoms with Gasteiger partial charge in [0.2, 0.25) is 11.8 Å². The van der Waals surface area contributed by atoms with Gasteiger partial charge in [-0.1, -0.05) is 0 Å². The van der Waals surface area contributed by atoms with Crippen molar-refractivity contribution in [3.63, 3.8) is 0 Å². The van der Waals surface area contributed by atoms with Crippen LogP contribution >= 0.6 is 24.0 Å². The molecule has 0 spiro atoms. The first kappa shape index (κ1) is 24.5. The molecule has 1 amide bonds. The highest BCUT2D eigenvalue weighted by atomic mass is 127. The monoisotopic (exact) mass is 503 g/mol. The average Bonchev–Trinajstić information content (AvgIpc) is 3.39. The molecule has 1 aromatic heterocycles. The van der Waals surface area contributed by atoms with Crippen LogP contribution in [0.4, 0.5) is 0 Å². The maximum absolute atomic E-state index is 12.2. The predicted molar refractivity (Wildman–Crippen MR) is 123 cm³/mol. The molecule has 2 N–H and O–H groups in total. The second kappa shape index (κ2) is 11.4. The maximum Gasteiger partial charge on any atom is 0.240 e. The maximum atomic E-state index is 12.2. The predicted octanol–water partition coefficient (Wildman–Crippen LogP) is 2.80. The number of aliphatic imine (C=N–C) groups is 1. The third-order valence-corrected chi connectivity index (χ3v) is 3.97. The van der Waals surface area contributed by atoms with E-state index in [1.54, 1.807) is 6.20 Å². The molecule has 7 nitrogen and oxygen atoms in total. The number of ether oxygens (including phenoxy) is 1. The van der Waals surface area contributed by atoms with Gasteiger partial charge in [0.15, 0.2) is 5.96 Å². The van der Waals surface area contributed by atoms with Gasteiger partial charge < -0.3 is 20.3 Å². The van der Waals surface area contributed by atoms with Crippen LogP contribution in [0.15, 0.2) is 23.3 Å². The Morgan fingerprint density at radius 1 is 1.39 bits per heavy atom. The number of pyridine rings is 1. The van der Waals surface area contributed by atoms with Crippen molar-refractivity contribution in [2.24, 2.45) is 10.9 Å². The van der Waals surface area contributed by atoms with Crippen molar-refractivity contribution < 1.29 is 9.53 Å². The van der Waals surface area contributed by atoms with Crippen LogP contribution in [-0.2, 0) is 11.3 Å². The smallest absolute Gasteiger partial charge is 0.240 e. The first-order valence-corrected chi connectivity index (χ1v) is 9.65. The molecule has 1 aliphatic carbocycles. The number of nitrogens with zero attached hydrogens (tertiary/aromatic N) is 3. The highest BCUT2D eigenvalue weighted by Crippen LogP contribution is 2.29. The van der Waals surface area contributed by atoms with Gasteiger partial charge in [-0.2, -0.15) is 0 Å². The van der Waals surface area contributed by atoms with Crippen molar-refractivity contribution in [2.75, 3.05) is 26.7 Å². The molecule has 0 bridgehead atoms. The normalized spacial score (nSPS) is 14.1. The van der Waals surface area contributed by atoms with E-state index in [2.05, 4.69) is 20.6 Å². The Bertz CT molecular complexity index is 656. The molecule has 0 aliphatic heterocycles. The molecule has 158 valence electrons. The first-order valence-electron chi connectivity index (χ1n) is 9.65. The number of likely N-dealkylation sites (N-methyl/N-ethyl adjacent to an activating group) is 1. The van der Waals surface area contributed by atoms with E-state index in [1.165, 1.54) is 12.8 Å². The van der Waals surface area contributed by atoms with Gasteiger partial charge in [0, 0.05) is 31.4 Å². The Balaban J connectivity index is 0.00000392. The molecular formula is C20H34IN5O2. The van der Waals surface area contributed by atoms with Crippen molar-refractivity contribution >= 4 is 35.8 Å². The third-order valence-electron chi connectivity index (χ3n) is 3.97. The molecule has 1 heterocycles. The van der Waals surface area contributed by atoms with Crippen molar-refractivity contribution in [3.05, 3.63) is 23.9 Å². The molecule has 2 rings (SSSR count). The summed E-state index contributed by atoms with van der Waals surface area (Å²) in [5.74, 6) is 2.01. The van der Waals surface area contributed by atoms with Crippen LogP contribution < -0.4 is 15.4 Å². The summed E-state index contributed by atoms with van der Waals surface area (Å²) >= 11 is 0. The number of hydrogen-bond donors (Lipinski definition) is 2. The van der Waals surface area contributed by atoms with Gasteiger partial charge in [0.05, 0.1) is 19.7 Å². The number of rotatable bonds is 8. The van der Waals surface area contributed by atoms with Crippen LogP contribution in [0.2, 0.25) is 0 Å². The molecule has 28 heavy (non-hydrogen) atoms. The third kappa shape index (κ3) is 9.57. The second-order valence-electron chi connectivity index (χ2n) is 8.08. The number of guanidine groups is 1. The van der Waals surface area contributed by atoms with Crippen molar-refractivity contribution in [3.8, 4) is 5.88 Å². The summed E-state index contributed by atoms with van der Waals surface area (Å²) in [6, 6.07) is 3.87. The summed E-state index contributed by atoms with van der Waals surface area (Å²) < 4.78 is 5.73. The fourth-order valence-corrected chi connectivity index (χ4v) is 2.50. The van der Waals surface area contributed by atoms with E-state index in [-0.39, 0.29) is 42.0 Å². The Morgan fingerprint density at radius 2 is 2.11 bits per heavy atom. The molecule has 0 radical (unpaired) electrons. The zero-order valence-corrected chi connectivity index (χ0v) is 19.9. The lowest BCUT2D eigenvalue weighted by Gasteiger charge is -2.25. The molecule has 0 saturated heterocycles. The minimum Gasteiger partial charge on any atom is -0.477 e. The Morgan fingerprint density at radius 3 is 2.71 bits per heavy atom. The number of nitrogens with one attached hydrogen (secondary N) is 2. The summed E-state index contributed by atoms with van der Waals surface area (Å²) in [4.78, 5) is 22.9. The van der Waals surface area contributed by atoms with Crippen molar-refractivity contribution in [1.29, 1.82) is 0 Å². The Hall–Kier alpha value is -1.58.